The van der Waals surface area contributed by atoms with Gasteiger partial charge in [0, 0.05) is 5.56 Å². The van der Waals surface area contributed by atoms with Crippen LogP contribution in [0.3, 0.4) is 0 Å². The van der Waals surface area contributed by atoms with Crippen molar-refractivity contribution in [1.29, 1.82) is 0 Å². The van der Waals surface area contributed by atoms with E-state index in [1.165, 1.54) is 12.1 Å². The average Bonchev–Trinajstić information content (AvgIpc) is 2.36. The van der Waals surface area contributed by atoms with Gasteiger partial charge >= 0.3 is 0 Å². The Morgan fingerprint density at radius 3 is 2.47 bits per heavy atom. The minimum atomic E-state index is -0.470. The number of hydrogen-bond donors (Lipinski definition) is 1. The van der Waals surface area contributed by atoms with Crippen LogP contribution in [0, 0.1) is 23.5 Å². The van der Waals surface area contributed by atoms with Crippen molar-refractivity contribution in [2.45, 2.75) is 33.6 Å². The van der Waals surface area contributed by atoms with Crippen LogP contribution in [0.15, 0.2) is 16.6 Å². The second-order valence-electron chi connectivity index (χ2n) is 5.35. The summed E-state index contributed by atoms with van der Waals surface area (Å²) in [6, 6.07) is 2.73. The topological polar surface area (TPSA) is 12.0 Å². The fourth-order valence-electron chi connectivity index (χ4n) is 1.98. The highest BCUT2D eigenvalue weighted by Gasteiger charge is 2.16. The van der Waals surface area contributed by atoms with Crippen molar-refractivity contribution in [1.82, 2.24) is 5.32 Å². The highest BCUT2D eigenvalue weighted by atomic mass is 79.9. The van der Waals surface area contributed by atoms with E-state index < -0.39 is 11.6 Å². The molecule has 1 aromatic carbocycles. The highest BCUT2D eigenvalue weighted by Crippen LogP contribution is 2.24. The Morgan fingerprint density at radius 1 is 1.21 bits per heavy atom. The molecule has 1 N–H and O–H groups in total. The molecule has 1 nitrogen and oxygen atoms in total. The summed E-state index contributed by atoms with van der Waals surface area (Å²) in [6.07, 6.45) is 1.33. The smallest absolute Gasteiger partial charge is 0.143 e. The first-order valence-corrected chi connectivity index (χ1v) is 7.58. The van der Waals surface area contributed by atoms with Crippen LogP contribution in [0.2, 0.25) is 0 Å². The van der Waals surface area contributed by atoms with Crippen molar-refractivity contribution < 1.29 is 8.78 Å². The summed E-state index contributed by atoms with van der Waals surface area (Å²) in [7, 11) is 0. The molecular formula is C15H22BrF2N. The Bertz CT molecular complexity index is 407. The Kier molecular flexibility index (Phi) is 6.94. The molecule has 0 aliphatic heterocycles. The summed E-state index contributed by atoms with van der Waals surface area (Å²) >= 11 is 3.11. The van der Waals surface area contributed by atoms with Gasteiger partial charge in [-0.15, -0.1) is 0 Å². The van der Waals surface area contributed by atoms with Gasteiger partial charge in [0.2, 0.25) is 0 Å². The summed E-state index contributed by atoms with van der Waals surface area (Å²) in [4.78, 5) is 0. The lowest BCUT2D eigenvalue weighted by molar-refractivity contribution is 0.422. The van der Waals surface area contributed by atoms with Crippen LogP contribution in [-0.4, -0.2) is 13.1 Å². The van der Waals surface area contributed by atoms with Crippen molar-refractivity contribution in [3.8, 4) is 0 Å². The van der Waals surface area contributed by atoms with Gasteiger partial charge in [-0.3, -0.25) is 0 Å². The molecule has 1 rings (SSSR count). The van der Waals surface area contributed by atoms with Crippen molar-refractivity contribution in [3.63, 3.8) is 0 Å². The number of nitrogens with one attached hydrogen (secondary N) is 1. The summed E-state index contributed by atoms with van der Waals surface area (Å²) in [5.74, 6) is -0.0979. The molecule has 0 fully saturated rings. The molecule has 1 atom stereocenters. The van der Waals surface area contributed by atoms with E-state index in [-0.39, 0.29) is 11.5 Å². The number of halogens is 3. The zero-order valence-corrected chi connectivity index (χ0v) is 13.4. The van der Waals surface area contributed by atoms with Crippen LogP contribution >= 0.6 is 15.9 Å². The van der Waals surface area contributed by atoms with Gasteiger partial charge in [-0.1, -0.05) is 27.2 Å². The zero-order chi connectivity index (χ0) is 14.4. The van der Waals surface area contributed by atoms with Gasteiger partial charge in [-0.25, -0.2) is 8.78 Å². The first kappa shape index (κ1) is 16.6. The Balaban J connectivity index is 2.68. The minimum Gasteiger partial charge on any atom is -0.316 e. The molecule has 0 aliphatic rings. The third-order valence-corrected chi connectivity index (χ3v) is 3.81. The van der Waals surface area contributed by atoms with Crippen molar-refractivity contribution in [2.24, 2.45) is 11.8 Å². The molecule has 0 radical (unpaired) electrons. The summed E-state index contributed by atoms with van der Waals surface area (Å²) in [5.41, 5.74) is 0.188. The maximum atomic E-state index is 13.9. The molecule has 108 valence electrons. The third kappa shape index (κ3) is 5.19. The molecule has 0 aliphatic carbocycles. The molecular weight excluding hydrogens is 312 g/mol. The molecule has 19 heavy (non-hydrogen) atoms. The second kappa shape index (κ2) is 7.95. The van der Waals surface area contributed by atoms with Crippen LogP contribution in [-0.2, 0) is 6.42 Å². The van der Waals surface area contributed by atoms with Gasteiger partial charge in [0.1, 0.15) is 11.6 Å². The molecule has 0 bridgehead atoms. The van der Waals surface area contributed by atoms with Crippen molar-refractivity contribution in [2.75, 3.05) is 13.1 Å². The van der Waals surface area contributed by atoms with Crippen LogP contribution < -0.4 is 5.32 Å². The van der Waals surface area contributed by atoms with E-state index >= 15 is 0 Å². The Morgan fingerprint density at radius 2 is 1.89 bits per heavy atom. The number of rotatable bonds is 7. The lowest BCUT2D eigenvalue weighted by Gasteiger charge is -2.18. The van der Waals surface area contributed by atoms with Crippen LogP contribution in [0.1, 0.15) is 32.8 Å². The maximum absolute atomic E-state index is 13.9. The first-order chi connectivity index (χ1) is 8.95. The van der Waals surface area contributed by atoms with Crippen LogP contribution in [0.4, 0.5) is 8.78 Å². The van der Waals surface area contributed by atoms with Crippen LogP contribution in [0.25, 0.3) is 0 Å². The Hall–Kier alpha value is -0.480. The SMILES string of the molecule is CCC(CNCC(C)C)Cc1c(F)ccc(Br)c1F. The van der Waals surface area contributed by atoms with E-state index in [0.717, 1.165) is 19.5 Å². The molecule has 0 spiro atoms. The average molecular weight is 334 g/mol. The molecule has 0 saturated carbocycles. The molecule has 0 amide bonds. The first-order valence-electron chi connectivity index (χ1n) is 6.78. The predicted octanol–water partition coefficient (Wildman–Crippen LogP) is 4.54. The molecule has 0 heterocycles. The normalized spacial score (nSPS) is 13.0. The molecule has 4 heteroatoms. The molecule has 1 unspecified atom stereocenters. The van der Waals surface area contributed by atoms with Gasteiger partial charge in [-0.05, 0) is 59.4 Å². The predicted molar refractivity (Wildman–Crippen MR) is 79.3 cm³/mol. The minimum absolute atomic E-state index is 0.188. The standard InChI is InChI=1S/C15H22BrF2N/c1-4-11(9-19-8-10(2)3)7-12-14(17)6-5-13(16)15(12)18/h5-6,10-11,19H,4,7-9H2,1-3H3. The zero-order valence-electron chi connectivity index (χ0n) is 11.8. The van der Waals surface area contributed by atoms with E-state index in [1.807, 2.05) is 0 Å². The van der Waals surface area contributed by atoms with E-state index in [1.54, 1.807) is 0 Å². The molecule has 0 saturated heterocycles. The lowest BCUT2D eigenvalue weighted by atomic mass is 9.96. The number of hydrogen-bond acceptors (Lipinski definition) is 1. The monoisotopic (exact) mass is 333 g/mol. The largest absolute Gasteiger partial charge is 0.316 e. The summed E-state index contributed by atoms with van der Waals surface area (Å²) in [6.45, 7) is 8.05. The van der Waals surface area contributed by atoms with E-state index in [2.05, 4.69) is 42.0 Å². The Labute approximate surface area is 122 Å². The maximum Gasteiger partial charge on any atom is 0.143 e. The second-order valence-corrected chi connectivity index (χ2v) is 6.21. The van der Waals surface area contributed by atoms with E-state index in [4.69, 9.17) is 0 Å². The van der Waals surface area contributed by atoms with Gasteiger partial charge in [0.15, 0.2) is 0 Å². The number of benzene rings is 1. The van der Waals surface area contributed by atoms with Crippen molar-refractivity contribution >= 4 is 15.9 Å². The molecule has 1 aromatic rings. The fraction of sp³-hybridized carbons (Fsp3) is 0.600. The highest BCUT2D eigenvalue weighted by molar-refractivity contribution is 9.10. The third-order valence-electron chi connectivity index (χ3n) is 3.19. The fourth-order valence-corrected chi connectivity index (χ4v) is 2.35. The van der Waals surface area contributed by atoms with E-state index in [0.29, 0.717) is 16.8 Å². The van der Waals surface area contributed by atoms with E-state index in [9.17, 15) is 8.78 Å². The lowest BCUT2D eigenvalue weighted by Crippen LogP contribution is -2.27. The van der Waals surface area contributed by atoms with Gasteiger partial charge in [0.25, 0.3) is 0 Å². The van der Waals surface area contributed by atoms with Crippen LogP contribution in [0.5, 0.6) is 0 Å². The van der Waals surface area contributed by atoms with Crippen molar-refractivity contribution in [3.05, 3.63) is 33.8 Å². The van der Waals surface area contributed by atoms with Gasteiger partial charge in [-0.2, -0.15) is 0 Å². The van der Waals surface area contributed by atoms with Gasteiger partial charge < -0.3 is 5.32 Å². The summed E-state index contributed by atoms with van der Waals surface area (Å²) in [5, 5.41) is 3.35. The summed E-state index contributed by atoms with van der Waals surface area (Å²) < 4.78 is 27.9. The molecule has 0 aromatic heterocycles. The quantitative estimate of drug-likeness (QED) is 0.722. The van der Waals surface area contributed by atoms with Gasteiger partial charge in [0.05, 0.1) is 4.47 Å².